The third-order valence-corrected chi connectivity index (χ3v) is 9.38. The Kier molecular flexibility index (Phi) is 9.31. The number of aromatic nitrogens is 2. The fourth-order valence-corrected chi connectivity index (χ4v) is 7.04. The van der Waals surface area contributed by atoms with Gasteiger partial charge in [0, 0.05) is 23.2 Å². The van der Waals surface area contributed by atoms with Gasteiger partial charge in [-0.2, -0.15) is 5.10 Å². The third kappa shape index (κ3) is 6.59. The van der Waals surface area contributed by atoms with E-state index in [1.54, 1.807) is 31.0 Å². The normalized spacial score (nSPS) is 14.4. The van der Waals surface area contributed by atoms with Crippen molar-refractivity contribution in [2.45, 2.75) is 25.6 Å². The molecule has 4 aromatic carbocycles. The zero-order valence-electron chi connectivity index (χ0n) is 26.6. The van der Waals surface area contributed by atoms with E-state index in [4.69, 9.17) is 14.6 Å². The number of benzene rings is 4. The molecule has 2 heterocycles. The van der Waals surface area contributed by atoms with Crippen LogP contribution in [0.5, 0.6) is 11.5 Å². The molecule has 8 nitrogen and oxygen atoms in total. The molecule has 6 rings (SSSR count). The molecule has 0 spiro atoms. The van der Waals surface area contributed by atoms with Crippen LogP contribution in [0.4, 0.5) is 10.2 Å². The molecule has 0 saturated carbocycles. The van der Waals surface area contributed by atoms with Crippen molar-refractivity contribution in [2.75, 3.05) is 31.4 Å². The van der Waals surface area contributed by atoms with Crippen LogP contribution in [-0.2, 0) is 16.1 Å². The molecule has 0 saturated heterocycles. The largest absolute Gasteiger partial charge is 0.497 e. The number of ether oxygens (including phenoxy) is 2. The zero-order valence-corrected chi connectivity index (χ0v) is 27.4. The smallest absolute Gasteiger partial charge is 0.240 e. The highest BCUT2D eigenvalue weighted by Crippen LogP contribution is 2.51. The number of methoxy groups -OCH3 is 2. The van der Waals surface area contributed by atoms with Crippen molar-refractivity contribution in [2.24, 2.45) is 0 Å². The van der Waals surface area contributed by atoms with Crippen LogP contribution in [0, 0.1) is 19.7 Å². The van der Waals surface area contributed by atoms with Crippen molar-refractivity contribution in [3.63, 3.8) is 0 Å². The monoisotopic (exact) mass is 650 g/mol. The summed E-state index contributed by atoms with van der Waals surface area (Å²) < 4.78 is 26.7. The highest BCUT2D eigenvalue weighted by molar-refractivity contribution is 8.00. The predicted octanol–water partition coefficient (Wildman–Crippen LogP) is 6.80. The maximum Gasteiger partial charge on any atom is 0.240 e. The van der Waals surface area contributed by atoms with Gasteiger partial charge in [-0.05, 0) is 61.4 Å². The van der Waals surface area contributed by atoms with Gasteiger partial charge < -0.3 is 14.8 Å². The summed E-state index contributed by atoms with van der Waals surface area (Å²) in [5, 5.41) is 7.70. The number of carbonyl (C=O) groups excluding carboxylic acids is 2. The Bertz CT molecular complexity index is 1930. The summed E-state index contributed by atoms with van der Waals surface area (Å²) in [6.45, 7) is 3.99. The minimum Gasteiger partial charge on any atom is -0.497 e. The van der Waals surface area contributed by atoms with Gasteiger partial charge in [0.1, 0.15) is 29.7 Å². The van der Waals surface area contributed by atoms with E-state index in [2.05, 4.69) is 11.4 Å². The Morgan fingerprint density at radius 3 is 2.45 bits per heavy atom. The standard InChI is InChI=1S/C37H35FN4O4S/c1-23-10-16-30(24(2)18-23)42-37-34(35(40-42)26-8-6-5-7-9-26)36(29-19-28(45-3)15-17-31(29)46-4)47-22-33(44)41(37)21-32(43)39-20-25-11-13-27(38)14-12-25/h5-19,36H,20-22H2,1-4H3,(H,39,43)/t36-/m1/s1. The molecule has 1 aliphatic rings. The Morgan fingerprint density at radius 1 is 0.979 bits per heavy atom. The lowest BCUT2D eigenvalue weighted by Crippen LogP contribution is -2.42. The molecular weight excluding hydrogens is 615 g/mol. The number of anilines is 1. The fraction of sp³-hybridized carbons (Fsp3) is 0.216. The molecule has 2 amide bonds. The first-order chi connectivity index (χ1) is 22.8. The molecular formula is C37H35FN4O4S. The molecule has 0 fully saturated rings. The van der Waals surface area contributed by atoms with Crippen LogP contribution < -0.4 is 19.7 Å². The fourth-order valence-electron chi connectivity index (χ4n) is 5.83. The topological polar surface area (TPSA) is 85.7 Å². The van der Waals surface area contributed by atoms with Gasteiger partial charge in [-0.1, -0.05) is 60.2 Å². The molecule has 0 aliphatic carbocycles. The lowest BCUT2D eigenvalue weighted by molar-refractivity contribution is -0.123. The van der Waals surface area contributed by atoms with Gasteiger partial charge in [-0.3, -0.25) is 14.5 Å². The number of hydrogen-bond donors (Lipinski definition) is 1. The number of nitrogens with zero attached hydrogens (tertiary/aromatic N) is 3. The summed E-state index contributed by atoms with van der Waals surface area (Å²) in [6.07, 6.45) is 0. The van der Waals surface area contributed by atoms with Crippen LogP contribution in [0.15, 0.2) is 91.0 Å². The highest BCUT2D eigenvalue weighted by atomic mass is 32.2. The number of thioether (sulfide) groups is 1. The summed E-state index contributed by atoms with van der Waals surface area (Å²) in [5.74, 6) is 0.971. The van der Waals surface area contributed by atoms with Gasteiger partial charge >= 0.3 is 0 Å². The molecule has 1 aromatic heterocycles. The average molecular weight is 651 g/mol. The maximum absolute atomic E-state index is 14.1. The Hall–Kier alpha value is -5.09. The summed E-state index contributed by atoms with van der Waals surface area (Å²) >= 11 is 1.46. The van der Waals surface area contributed by atoms with Gasteiger partial charge in [0.2, 0.25) is 11.8 Å². The van der Waals surface area contributed by atoms with E-state index < -0.39 is 5.25 Å². The Labute approximate surface area is 277 Å². The molecule has 1 atom stereocenters. The minimum absolute atomic E-state index is 0.103. The van der Waals surface area contributed by atoms with Gasteiger partial charge in [-0.15, -0.1) is 11.8 Å². The second-order valence-corrected chi connectivity index (χ2v) is 12.4. The van der Waals surface area contributed by atoms with Gasteiger partial charge in [0.25, 0.3) is 0 Å². The molecule has 47 heavy (non-hydrogen) atoms. The predicted molar refractivity (Wildman–Crippen MR) is 183 cm³/mol. The number of fused-ring (bicyclic) bond motifs is 1. The third-order valence-electron chi connectivity index (χ3n) is 8.14. The molecule has 5 aromatic rings. The zero-order chi connectivity index (χ0) is 33.1. The second kappa shape index (κ2) is 13.7. The number of rotatable bonds is 9. The Balaban J connectivity index is 1.55. The first kappa shape index (κ1) is 31.9. The average Bonchev–Trinajstić information content (AvgIpc) is 3.40. The number of carbonyl (C=O) groups is 2. The van der Waals surface area contributed by atoms with Gasteiger partial charge in [0.15, 0.2) is 0 Å². The molecule has 0 radical (unpaired) electrons. The van der Waals surface area contributed by atoms with Crippen molar-refractivity contribution in [1.29, 1.82) is 0 Å². The number of aryl methyl sites for hydroxylation is 2. The quantitative estimate of drug-likeness (QED) is 0.189. The molecule has 0 bridgehead atoms. The van der Waals surface area contributed by atoms with Crippen LogP contribution in [0.3, 0.4) is 0 Å². The molecule has 1 N–H and O–H groups in total. The van der Waals surface area contributed by atoms with E-state index >= 15 is 0 Å². The molecule has 0 unspecified atom stereocenters. The van der Waals surface area contributed by atoms with E-state index in [0.29, 0.717) is 23.0 Å². The van der Waals surface area contributed by atoms with E-state index in [0.717, 1.165) is 39.1 Å². The SMILES string of the molecule is COc1ccc(OC)c([C@H]2SCC(=O)N(CC(=O)NCc3ccc(F)cc3)c3c2c(-c2ccccc2)nn3-c2ccc(C)cc2C)c1. The van der Waals surface area contributed by atoms with Crippen molar-refractivity contribution in [3.8, 4) is 28.4 Å². The van der Waals surface area contributed by atoms with Crippen molar-refractivity contribution < 1.29 is 23.5 Å². The summed E-state index contributed by atoms with van der Waals surface area (Å²) in [7, 11) is 3.23. The van der Waals surface area contributed by atoms with Crippen LogP contribution in [-0.4, -0.2) is 48.1 Å². The number of hydrogen-bond acceptors (Lipinski definition) is 6. The summed E-state index contributed by atoms with van der Waals surface area (Å²) in [4.78, 5) is 29.2. The Morgan fingerprint density at radius 2 is 1.74 bits per heavy atom. The highest BCUT2D eigenvalue weighted by Gasteiger charge is 2.39. The van der Waals surface area contributed by atoms with Gasteiger partial charge in [-0.25, -0.2) is 9.07 Å². The van der Waals surface area contributed by atoms with Crippen molar-refractivity contribution in [1.82, 2.24) is 15.1 Å². The maximum atomic E-state index is 14.1. The second-order valence-electron chi connectivity index (χ2n) is 11.3. The molecule has 1 aliphatic heterocycles. The number of nitrogens with one attached hydrogen (secondary N) is 1. The summed E-state index contributed by atoms with van der Waals surface area (Å²) in [6, 6.07) is 27.5. The van der Waals surface area contributed by atoms with Crippen molar-refractivity contribution >= 4 is 29.4 Å². The minimum atomic E-state index is -0.402. The van der Waals surface area contributed by atoms with Crippen LogP contribution >= 0.6 is 11.8 Å². The molecule has 10 heteroatoms. The first-order valence-electron chi connectivity index (χ1n) is 15.2. The van der Waals surface area contributed by atoms with Gasteiger partial charge in [0.05, 0.1) is 36.6 Å². The summed E-state index contributed by atoms with van der Waals surface area (Å²) in [5.41, 5.74) is 6.77. The lowest BCUT2D eigenvalue weighted by Gasteiger charge is -2.24. The number of amides is 2. The van der Waals surface area contributed by atoms with E-state index in [1.165, 1.54) is 28.8 Å². The van der Waals surface area contributed by atoms with E-state index in [-0.39, 0.29) is 36.5 Å². The first-order valence-corrected chi connectivity index (χ1v) is 16.2. The van der Waals surface area contributed by atoms with E-state index in [9.17, 15) is 14.0 Å². The lowest BCUT2D eigenvalue weighted by atomic mass is 9.98. The van der Waals surface area contributed by atoms with Crippen LogP contribution in [0.1, 0.15) is 33.1 Å². The molecule has 240 valence electrons. The van der Waals surface area contributed by atoms with Crippen molar-refractivity contribution in [3.05, 3.63) is 125 Å². The number of halogens is 1. The van der Waals surface area contributed by atoms with Crippen LogP contribution in [0.2, 0.25) is 0 Å². The van der Waals surface area contributed by atoms with E-state index in [1.807, 2.05) is 74.5 Å². The van der Waals surface area contributed by atoms with Crippen LogP contribution in [0.25, 0.3) is 16.9 Å².